The summed E-state index contributed by atoms with van der Waals surface area (Å²) in [6, 6.07) is 6.68. The van der Waals surface area contributed by atoms with Gasteiger partial charge in [-0.15, -0.1) is 0 Å². The fourth-order valence-corrected chi connectivity index (χ4v) is 3.37. The van der Waals surface area contributed by atoms with E-state index in [2.05, 4.69) is 56.1 Å². The Hall–Kier alpha value is -0.570. The maximum atomic E-state index is 6.31. The lowest BCUT2D eigenvalue weighted by Gasteiger charge is -2.46. The molecule has 0 aliphatic rings. The number of nitrogens with one attached hydrogen (secondary N) is 1. The fraction of sp³-hybridized carbons (Fsp3) is 0.647. The smallest absolute Gasteiger partial charge is 0.0502 e. The summed E-state index contributed by atoms with van der Waals surface area (Å²) in [5.74, 6) is 0. The van der Waals surface area contributed by atoms with Gasteiger partial charge in [0.05, 0.1) is 6.04 Å². The molecule has 0 saturated carbocycles. The first-order valence-electron chi connectivity index (χ1n) is 7.62. The second kappa shape index (κ2) is 7.44. The summed E-state index contributed by atoms with van der Waals surface area (Å²) in [6.45, 7) is 13.2. The van der Waals surface area contributed by atoms with Crippen LogP contribution in [0.3, 0.4) is 0 Å². The first-order chi connectivity index (χ1) is 9.44. The summed E-state index contributed by atoms with van der Waals surface area (Å²) < 4.78 is 0. The average molecular weight is 297 g/mol. The fourth-order valence-electron chi connectivity index (χ4n) is 3.18. The second-order valence-electron chi connectivity index (χ2n) is 5.61. The van der Waals surface area contributed by atoms with E-state index in [0.717, 1.165) is 30.1 Å². The van der Waals surface area contributed by atoms with Gasteiger partial charge in [-0.25, -0.2) is 0 Å². The number of hydrogen-bond donors (Lipinski definition) is 1. The minimum Gasteiger partial charge on any atom is -0.311 e. The minimum atomic E-state index is 0.0802. The summed E-state index contributed by atoms with van der Waals surface area (Å²) in [5.41, 5.74) is 2.47. The van der Waals surface area contributed by atoms with E-state index in [-0.39, 0.29) is 11.6 Å². The number of halogens is 1. The molecule has 0 fully saturated rings. The Kier molecular flexibility index (Phi) is 6.50. The molecular formula is C17H29ClN2. The third kappa shape index (κ3) is 3.36. The SMILES string of the molecule is CCN(CC)C(C)(CC)C(NC)c1ccc(C)c(Cl)c1. The molecule has 0 saturated heterocycles. The molecule has 0 aliphatic heterocycles. The van der Waals surface area contributed by atoms with Crippen molar-refractivity contribution in [1.29, 1.82) is 0 Å². The van der Waals surface area contributed by atoms with E-state index < -0.39 is 0 Å². The van der Waals surface area contributed by atoms with Crippen molar-refractivity contribution in [2.24, 2.45) is 0 Å². The molecule has 0 spiro atoms. The first-order valence-corrected chi connectivity index (χ1v) is 8.00. The zero-order valence-electron chi connectivity index (χ0n) is 13.8. The topological polar surface area (TPSA) is 15.3 Å². The molecule has 2 unspecified atom stereocenters. The van der Waals surface area contributed by atoms with Crippen molar-refractivity contribution in [3.63, 3.8) is 0 Å². The van der Waals surface area contributed by atoms with Gasteiger partial charge in [0.15, 0.2) is 0 Å². The zero-order chi connectivity index (χ0) is 15.3. The van der Waals surface area contributed by atoms with Crippen molar-refractivity contribution in [2.45, 2.75) is 52.6 Å². The molecule has 2 nitrogen and oxygen atoms in total. The second-order valence-corrected chi connectivity index (χ2v) is 6.02. The van der Waals surface area contributed by atoms with Crippen molar-refractivity contribution in [1.82, 2.24) is 10.2 Å². The molecule has 1 aromatic carbocycles. The van der Waals surface area contributed by atoms with Gasteiger partial charge in [0, 0.05) is 10.6 Å². The van der Waals surface area contributed by atoms with E-state index in [4.69, 9.17) is 11.6 Å². The van der Waals surface area contributed by atoms with Gasteiger partial charge in [0.1, 0.15) is 0 Å². The molecule has 3 heteroatoms. The highest BCUT2D eigenvalue weighted by atomic mass is 35.5. The first kappa shape index (κ1) is 17.5. The lowest BCUT2D eigenvalue weighted by atomic mass is 9.82. The zero-order valence-corrected chi connectivity index (χ0v) is 14.5. The molecule has 0 aliphatic carbocycles. The third-order valence-electron chi connectivity index (χ3n) is 4.64. The van der Waals surface area contributed by atoms with Gasteiger partial charge in [-0.05, 0) is 57.6 Å². The lowest BCUT2D eigenvalue weighted by molar-refractivity contribution is 0.0728. The van der Waals surface area contributed by atoms with Crippen molar-refractivity contribution < 1.29 is 0 Å². The predicted octanol–water partition coefficient (Wildman–Crippen LogP) is 4.42. The van der Waals surface area contributed by atoms with E-state index in [0.29, 0.717) is 0 Å². The molecule has 0 amide bonds. The summed E-state index contributed by atoms with van der Waals surface area (Å²) in [4.78, 5) is 2.53. The van der Waals surface area contributed by atoms with Crippen LogP contribution in [0.25, 0.3) is 0 Å². The summed E-state index contributed by atoms with van der Waals surface area (Å²) in [7, 11) is 2.04. The monoisotopic (exact) mass is 296 g/mol. The van der Waals surface area contributed by atoms with Crippen LogP contribution >= 0.6 is 11.6 Å². The Morgan fingerprint density at radius 2 is 1.85 bits per heavy atom. The third-order valence-corrected chi connectivity index (χ3v) is 5.05. The van der Waals surface area contributed by atoms with Crippen molar-refractivity contribution >= 4 is 11.6 Å². The summed E-state index contributed by atoms with van der Waals surface area (Å²) in [5, 5.41) is 4.35. The van der Waals surface area contributed by atoms with Crippen molar-refractivity contribution in [2.75, 3.05) is 20.1 Å². The van der Waals surface area contributed by atoms with E-state index in [1.165, 1.54) is 5.56 Å². The number of rotatable bonds is 7. The Bertz CT molecular complexity index is 429. The Labute approximate surface area is 129 Å². The quantitative estimate of drug-likeness (QED) is 0.801. The van der Waals surface area contributed by atoms with Gasteiger partial charge in [0.2, 0.25) is 0 Å². The Morgan fingerprint density at radius 3 is 2.25 bits per heavy atom. The van der Waals surface area contributed by atoms with Crippen LogP contribution in [-0.4, -0.2) is 30.6 Å². The minimum absolute atomic E-state index is 0.0802. The molecule has 1 rings (SSSR count). The molecule has 0 radical (unpaired) electrons. The highest BCUT2D eigenvalue weighted by Gasteiger charge is 2.37. The Morgan fingerprint density at radius 1 is 1.25 bits per heavy atom. The molecule has 0 aromatic heterocycles. The van der Waals surface area contributed by atoms with Crippen LogP contribution in [-0.2, 0) is 0 Å². The molecular weight excluding hydrogens is 268 g/mol. The number of hydrogen-bond acceptors (Lipinski definition) is 2. The summed E-state index contributed by atoms with van der Waals surface area (Å²) in [6.07, 6.45) is 1.09. The van der Waals surface area contributed by atoms with Crippen LogP contribution in [0, 0.1) is 6.92 Å². The number of likely N-dealkylation sites (N-methyl/N-ethyl adjacent to an activating group) is 2. The maximum absolute atomic E-state index is 6.31. The van der Waals surface area contributed by atoms with E-state index >= 15 is 0 Å². The molecule has 0 heterocycles. The normalized spacial score (nSPS) is 16.2. The van der Waals surface area contributed by atoms with Gasteiger partial charge in [-0.3, -0.25) is 4.90 Å². The van der Waals surface area contributed by atoms with Crippen LogP contribution < -0.4 is 5.32 Å². The van der Waals surface area contributed by atoms with E-state index in [1.54, 1.807) is 0 Å². The van der Waals surface area contributed by atoms with Crippen molar-refractivity contribution in [3.05, 3.63) is 34.3 Å². The molecule has 114 valence electrons. The molecule has 1 aromatic rings. The number of benzene rings is 1. The van der Waals surface area contributed by atoms with Gasteiger partial charge < -0.3 is 5.32 Å². The van der Waals surface area contributed by atoms with E-state index in [9.17, 15) is 0 Å². The Balaban J connectivity index is 3.23. The standard InChI is InChI=1S/C17H29ClN2/c1-7-17(5,20(8-2)9-3)16(19-6)14-11-10-13(4)15(18)12-14/h10-12,16,19H,7-9H2,1-6H3. The van der Waals surface area contributed by atoms with Gasteiger partial charge in [0.25, 0.3) is 0 Å². The van der Waals surface area contributed by atoms with Crippen LogP contribution in [0.2, 0.25) is 5.02 Å². The van der Waals surface area contributed by atoms with Crippen LogP contribution in [0.15, 0.2) is 18.2 Å². The van der Waals surface area contributed by atoms with Gasteiger partial charge in [-0.2, -0.15) is 0 Å². The highest BCUT2D eigenvalue weighted by Crippen LogP contribution is 2.35. The van der Waals surface area contributed by atoms with Crippen LogP contribution in [0.4, 0.5) is 0 Å². The molecule has 2 atom stereocenters. The van der Waals surface area contributed by atoms with Crippen molar-refractivity contribution in [3.8, 4) is 0 Å². The van der Waals surface area contributed by atoms with E-state index in [1.807, 2.05) is 14.0 Å². The van der Waals surface area contributed by atoms with Crippen LogP contribution in [0.1, 0.15) is 51.3 Å². The van der Waals surface area contributed by atoms with Gasteiger partial charge >= 0.3 is 0 Å². The largest absolute Gasteiger partial charge is 0.311 e. The predicted molar refractivity (Wildman–Crippen MR) is 89.6 cm³/mol. The molecule has 0 bridgehead atoms. The molecule has 1 N–H and O–H groups in total. The number of aryl methyl sites for hydroxylation is 1. The lowest BCUT2D eigenvalue weighted by Crippen LogP contribution is -2.53. The number of nitrogens with zero attached hydrogens (tertiary/aromatic N) is 1. The average Bonchev–Trinajstić information content (AvgIpc) is 2.44. The highest BCUT2D eigenvalue weighted by molar-refractivity contribution is 6.31. The maximum Gasteiger partial charge on any atom is 0.0502 e. The van der Waals surface area contributed by atoms with Crippen LogP contribution in [0.5, 0.6) is 0 Å². The molecule has 20 heavy (non-hydrogen) atoms. The van der Waals surface area contributed by atoms with Gasteiger partial charge in [-0.1, -0.05) is 44.5 Å². The summed E-state index contributed by atoms with van der Waals surface area (Å²) >= 11 is 6.31.